The van der Waals surface area contributed by atoms with Crippen molar-refractivity contribution in [2.75, 3.05) is 7.11 Å². The van der Waals surface area contributed by atoms with E-state index in [1.807, 2.05) is 55.5 Å². The molecule has 0 fully saturated rings. The summed E-state index contributed by atoms with van der Waals surface area (Å²) in [5, 5.41) is 8.01. The molecule has 8 nitrogen and oxygen atoms in total. The second-order valence-corrected chi connectivity index (χ2v) is 9.09. The Labute approximate surface area is 211 Å². The minimum atomic E-state index is -0.990. The molecule has 4 rings (SSSR count). The van der Waals surface area contributed by atoms with E-state index in [2.05, 4.69) is 40.1 Å². The molecule has 3 aromatic rings. The zero-order valence-electron chi connectivity index (χ0n) is 21.2. The van der Waals surface area contributed by atoms with Crippen molar-refractivity contribution in [3.63, 3.8) is 0 Å². The van der Waals surface area contributed by atoms with E-state index in [1.165, 1.54) is 7.11 Å². The van der Waals surface area contributed by atoms with Crippen molar-refractivity contribution in [2.24, 2.45) is 11.3 Å². The lowest BCUT2D eigenvalue weighted by Gasteiger charge is -2.25. The number of allylic oxidation sites excluding steroid dienone is 3. The first-order chi connectivity index (χ1) is 17.4. The number of hydrogen-bond donors (Lipinski definition) is 1. The molecule has 188 valence electrons. The quantitative estimate of drug-likeness (QED) is 0.316. The highest BCUT2D eigenvalue weighted by Gasteiger charge is 2.33. The lowest BCUT2D eigenvalue weighted by atomic mass is 9.84. The molecular weight excluding hydrogens is 456 g/mol. The Balaban J connectivity index is 1.61. The van der Waals surface area contributed by atoms with Gasteiger partial charge in [0.15, 0.2) is 5.65 Å². The summed E-state index contributed by atoms with van der Waals surface area (Å²) in [6.45, 7) is 6.47. The van der Waals surface area contributed by atoms with Crippen LogP contribution in [0.4, 0.5) is 0 Å². The number of carbonyl (C=O) groups excluding carboxylic acids is 1. The van der Waals surface area contributed by atoms with Gasteiger partial charge in [-0.3, -0.25) is 9.89 Å². The number of aromatic nitrogens is 4. The van der Waals surface area contributed by atoms with Crippen molar-refractivity contribution in [3.8, 4) is 6.01 Å². The molecule has 8 heteroatoms. The van der Waals surface area contributed by atoms with Crippen molar-refractivity contribution in [1.29, 1.82) is 0 Å². The predicted octanol–water partition coefficient (Wildman–Crippen LogP) is 5.44. The smallest absolute Gasteiger partial charge is 0.320 e. The number of nitrogens with zero attached hydrogens (tertiary/aromatic N) is 3. The van der Waals surface area contributed by atoms with Crippen LogP contribution in [0.15, 0.2) is 72.2 Å². The zero-order chi connectivity index (χ0) is 25.5. The first-order valence-corrected chi connectivity index (χ1v) is 12.1. The van der Waals surface area contributed by atoms with E-state index in [9.17, 15) is 4.79 Å². The lowest BCUT2D eigenvalue weighted by Crippen LogP contribution is -2.27. The van der Waals surface area contributed by atoms with Gasteiger partial charge in [-0.05, 0) is 36.5 Å². The fourth-order valence-corrected chi connectivity index (χ4v) is 4.03. The Kier molecular flexibility index (Phi) is 7.83. The Morgan fingerprint density at radius 2 is 2.00 bits per heavy atom. The summed E-state index contributed by atoms with van der Waals surface area (Å²) in [6.07, 6.45) is 11.4. The highest BCUT2D eigenvalue weighted by Crippen LogP contribution is 2.33. The van der Waals surface area contributed by atoms with E-state index in [-0.39, 0.29) is 31.1 Å². The number of rotatable bonds is 9. The van der Waals surface area contributed by atoms with Crippen LogP contribution >= 0.6 is 0 Å². The third-order valence-electron chi connectivity index (χ3n) is 6.05. The summed E-state index contributed by atoms with van der Waals surface area (Å²) < 4.78 is 17.1. The number of H-pyrrole nitrogens is 1. The molecule has 1 N–H and O–H groups in total. The Hall–Kier alpha value is -3.94. The van der Waals surface area contributed by atoms with Gasteiger partial charge in [0.05, 0.1) is 12.5 Å². The van der Waals surface area contributed by atoms with E-state index in [0.29, 0.717) is 17.1 Å². The predicted molar refractivity (Wildman–Crippen MR) is 137 cm³/mol. The summed E-state index contributed by atoms with van der Waals surface area (Å²) >= 11 is 0. The number of benzene rings is 1. The molecule has 2 atom stereocenters. The number of carbonyl (C=O) groups is 1. The molecule has 0 bridgehead atoms. The van der Waals surface area contributed by atoms with Crippen LogP contribution in [0.2, 0.25) is 0 Å². The third kappa shape index (κ3) is 5.82. The van der Waals surface area contributed by atoms with Crippen LogP contribution in [0, 0.1) is 11.3 Å². The standard InChI is InChI=1S/C28H32N4O4/c1-5-9-21-14-19(2)12-13-28(3,26(33)36-17-20-10-7-6-8-11-20)15-24(21)35-18-23-22-16-29-27(34-4)30-25(22)32-31-23/h6-8,10-16,19H,5,9,17-18H2,1-4H3,(H,29,30,31,32)/b13-12-,21-14-,24-15+. The molecule has 0 saturated heterocycles. The van der Waals surface area contributed by atoms with Crippen LogP contribution < -0.4 is 4.74 Å². The molecule has 2 heterocycles. The third-order valence-corrected chi connectivity index (χ3v) is 6.05. The topological polar surface area (TPSA) is 99.2 Å². The van der Waals surface area contributed by atoms with E-state index < -0.39 is 5.41 Å². The summed E-state index contributed by atoms with van der Waals surface area (Å²) in [5.41, 5.74) is 2.24. The summed E-state index contributed by atoms with van der Waals surface area (Å²) in [6, 6.07) is 9.92. The number of ether oxygens (including phenoxy) is 3. The minimum Gasteiger partial charge on any atom is -0.487 e. The molecule has 0 radical (unpaired) electrons. The number of aromatic amines is 1. The molecule has 2 aromatic heterocycles. The maximum Gasteiger partial charge on any atom is 0.320 e. The van der Waals surface area contributed by atoms with Crippen LogP contribution in [0.25, 0.3) is 11.0 Å². The molecular formula is C28H32N4O4. The molecule has 2 unspecified atom stereocenters. The first kappa shape index (κ1) is 25.2. The van der Waals surface area contributed by atoms with E-state index in [4.69, 9.17) is 14.2 Å². The van der Waals surface area contributed by atoms with Gasteiger partial charge < -0.3 is 14.2 Å². The summed E-state index contributed by atoms with van der Waals surface area (Å²) in [5.74, 6) is 0.448. The van der Waals surface area contributed by atoms with Crippen molar-refractivity contribution in [3.05, 3.63) is 83.4 Å². The maximum absolute atomic E-state index is 13.3. The average molecular weight is 489 g/mol. The zero-order valence-corrected chi connectivity index (χ0v) is 21.2. The SMILES string of the molecule is CCCC1=C/C(C)/C=C\C(C)(C(=O)OCc2ccccc2)/C=C\1OCc1n[nH]c2nc(OC)ncc12. The van der Waals surface area contributed by atoms with Gasteiger partial charge in [-0.15, -0.1) is 0 Å². The number of fused-ring (bicyclic) bond motifs is 1. The first-order valence-electron chi connectivity index (χ1n) is 12.1. The van der Waals surface area contributed by atoms with Gasteiger partial charge in [-0.1, -0.05) is 68.8 Å². The Morgan fingerprint density at radius 1 is 1.19 bits per heavy atom. The van der Waals surface area contributed by atoms with E-state index >= 15 is 0 Å². The lowest BCUT2D eigenvalue weighted by molar-refractivity contribution is -0.151. The van der Waals surface area contributed by atoms with Crippen molar-refractivity contribution < 1.29 is 19.0 Å². The molecule has 0 saturated carbocycles. The normalized spacial score (nSPS) is 23.5. The highest BCUT2D eigenvalue weighted by molar-refractivity contribution is 5.81. The van der Waals surface area contributed by atoms with Gasteiger partial charge in [0, 0.05) is 6.20 Å². The van der Waals surface area contributed by atoms with Crippen LogP contribution in [0.5, 0.6) is 6.01 Å². The van der Waals surface area contributed by atoms with Gasteiger partial charge >= 0.3 is 12.0 Å². The summed E-state index contributed by atoms with van der Waals surface area (Å²) in [7, 11) is 1.52. The van der Waals surface area contributed by atoms with Gasteiger partial charge in [0.25, 0.3) is 0 Å². The van der Waals surface area contributed by atoms with Crippen LogP contribution in [-0.2, 0) is 27.5 Å². The van der Waals surface area contributed by atoms with E-state index in [0.717, 1.165) is 29.4 Å². The fraction of sp³-hybridized carbons (Fsp3) is 0.357. The fourth-order valence-electron chi connectivity index (χ4n) is 4.03. The molecule has 36 heavy (non-hydrogen) atoms. The van der Waals surface area contributed by atoms with Crippen molar-refractivity contribution in [2.45, 2.75) is 46.8 Å². The van der Waals surface area contributed by atoms with Crippen LogP contribution in [-0.4, -0.2) is 33.2 Å². The number of methoxy groups -OCH3 is 1. The monoisotopic (exact) mass is 488 g/mol. The second kappa shape index (κ2) is 11.2. The summed E-state index contributed by atoms with van der Waals surface area (Å²) in [4.78, 5) is 21.8. The van der Waals surface area contributed by atoms with Gasteiger partial charge in [0.1, 0.15) is 30.1 Å². The Morgan fingerprint density at radius 3 is 2.75 bits per heavy atom. The number of hydrogen-bond acceptors (Lipinski definition) is 7. The number of nitrogens with one attached hydrogen (secondary N) is 1. The van der Waals surface area contributed by atoms with Crippen LogP contribution in [0.1, 0.15) is 44.9 Å². The molecule has 0 aliphatic heterocycles. The van der Waals surface area contributed by atoms with Gasteiger partial charge in [0.2, 0.25) is 0 Å². The maximum atomic E-state index is 13.3. The molecule has 1 aliphatic rings. The van der Waals surface area contributed by atoms with E-state index in [1.54, 1.807) is 6.20 Å². The average Bonchev–Trinajstić information content (AvgIpc) is 3.30. The molecule has 0 amide bonds. The minimum absolute atomic E-state index is 0.132. The van der Waals surface area contributed by atoms with Crippen molar-refractivity contribution >= 4 is 17.0 Å². The van der Waals surface area contributed by atoms with Gasteiger partial charge in [-0.25, -0.2) is 4.98 Å². The highest BCUT2D eigenvalue weighted by atomic mass is 16.5. The molecule has 0 spiro atoms. The largest absolute Gasteiger partial charge is 0.487 e. The molecule has 1 aliphatic carbocycles. The van der Waals surface area contributed by atoms with Crippen molar-refractivity contribution in [1.82, 2.24) is 20.2 Å². The molecule has 1 aromatic carbocycles. The second-order valence-electron chi connectivity index (χ2n) is 9.09. The number of esters is 1. The van der Waals surface area contributed by atoms with Gasteiger partial charge in [-0.2, -0.15) is 10.1 Å². The Bertz CT molecular complexity index is 1300. The van der Waals surface area contributed by atoms with Crippen LogP contribution in [0.3, 0.4) is 0 Å².